The summed E-state index contributed by atoms with van der Waals surface area (Å²) in [6, 6.07) is 6.98. The van der Waals surface area contributed by atoms with E-state index in [1.165, 1.54) is 17.5 Å². The number of nitriles is 1. The van der Waals surface area contributed by atoms with Gasteiger partial charge in [-0.25, -0.2) is 9.97 Å². The molecule has 1 amide bonds. The highest BCUT2D eigenvalue weighted by Crippen LogP contribution is 2.23. The van der Waals surface area contributed by atoms with Crippen LogP contribution in [0.4, 0.5) is 0 Å². The van der Waals surface area contributed by atoms with E-state index in [4.69, 9.17) is 5.26 Å². The van der Waals surface area contributed by atoms with Crippen molar-refractivity contribution in [2.24, 2.45) is 0 Å². The number of carbonyl (C=O) groups is 1. The average molecular weight is 496 g/mol. The van der Waals surface area contributed by atoms with Crippen molar-refractivity contribution in [3.8, 4) is 11.2 Å². The van der Waals surface area contributed by atoms with Crippen LogP contribution < -0.4 is 5.32 Å². The summed E-state index contributed by atoms with van der Waals surface area (Å²) < 4.78 is 3.16. The third kappa shape index (κ3) is 4.00. The number of amides is 1. The fraction of sp³-hybridized carbons (Fsp3) is 0.188. The molecule has 0 bridgehead atoms. The van der Waals surface area contributed by atoms with Crippen molar-refractivity contribution in [3.63, 3.8) is 0 Å². The van der Waals surface area contributed by atoms with Crippen molar-refractivity contribution in [1.82, 2.24) is 25.1 Å². The van der Waals surface area contributed by atoms with Gasteiger partial charge in [0.15, 0.2) is 5.82 Å². The molecule has 0 saturated heterocycles. The second kappa shape index (κ2) is 7.65. The maximum Gasteiger partial charge on any atom is 0.251 e. The molecular formula is C16H12Br2N6OS. The second-order valence-electron chi connectivity index (χ2n) is 5.40. The molecule has 3 aromatic rings. The van der Waals surface area contributed by atoms with E-state index in [9.17, 15) is 4.79 Å². The lowest BCUT2D eigenvalue weighted by molar-refractivity contribution is 0.0937. The zero-order valence-electron chi connectivity index (χ0n) is 13.7. The number of rotatable bonds is 4. The number of aromatic nitrogens is 4. The summed E-state index contributed by atoms with van der Waals surface area (Å²) in [6.07, 6.45) is 1.49. The first-order valence-corrected chi connectivity index (χ1v) is 9.84. The zero-order chi connectivity index (χ0) is 18.8. The summed E-state index contributed by atoms with van der Waals surface area (Å²) in [4.78, 5) is 21.7. The number of halogens is 2. The highest BCUT2D eigenvalue weighted by Gasteiger charge is 2.21. The summed E-state index contributed by atoms with van der Waals surface area (Å²) in [6.45, 7) is 3.59. The standard InChI is InChI=1S/C16H12Br2N6OS/c1-8(21-15(25)10-3-11(17)5-12(18)4-10)14-22-9(2)23-24(14)16-20-7-13(6-19)26-16/h3-5,7-8H,1-2H3,(H,21,25)/t8-/m0/s1. The molecule has 10 heteroatoms. The number of nitrogens with one attached hydrogen (secondary N) is 1. The van der Waals surface area contributed by atoms with Gasteiger partial charge in [-0.05, 0) is 32.0 Å². The Morgan fingerprint density at radius 1 is 1.35 bits per heavy atom. The van der Waals surface area contributed by atoms with E-state index < -0.39 is 6.04 Å². The molecule has 1 atom stereocenters. The molecular weight excluding hydrogens is 484 g/mol. The highest BCUT2D eigenvalue weighted by molar-refractivity contribution is 9.11. The Balaban J connectivity index is 1.87. The molecule has 7 nitrogen and oxygen atoms in total. The van der Waals surface area contributed by atoms with Crippen LogP contribution in [0, 0.1) is 18.3 Å². The first-order chi connectivity index (χ1) is 12.4. The molecule has 1 aromatic carbocycles. The molecule has 132 valence electrons. The maximum atomic E-state index is 12.6. The van der Waals surface area contributed by atoms with Crippen molar-refractivity contribution in [1.29, 1.82) is 5.26 Å². The summed E-state index contributed by atoms with van der Waals surface area (Å²) >= 11 is 7.97. The minimum Gasteiger partial charge on any atom is -0.342 e. The Morgan fingerprint density at radius 3 is 2.65 bits per heavy atom. The van der Waals surface area contributed by atoms with Gasteiger partial charge < -0.3 is 5.32 Å². The Morgan fingerprint density at radius 2 is 2.04 bits per heavy atom. The Bertz CT molecular complexity index is 1000. The lowest BCUT2D eigenvalue weighted by Crippen LogP contribution is -2.28. The molecule has 2 heterocycles. The monoisotopic (exact) mass is 494 g/mol. The van der Waals surface area contributed by atoms with Crippen LogP contribution in [0.1, 0.15) is 39.8 Å². The minimum absolute atomic E-state index is 0.233. The SMILES string of the molecule is Cc1nc([C@H](C)NC(=O)c2cc(Br)cc(Br)c2)n(-c2ncc(C#N)s2)n1. The van der Waals surface area contributed by atoms with Crippen molar-refractivity contribution < 1.29 is 4.79 Å². The van der Waals surface area contributed by atoms with Crippen LogP contribution in [0.2, 0.25) is 0 Å². The van der Waals surface area contributed by atoms with Crippen LogP contribution in [0.3, 0.4) is 0 Å². The normalized spacial score (nSPS) is 11.8. The largest absolute Gasteiger partial charge is 0.342 e. The van der Waals surface area contributed by atoms with Crippen molar-refractivity contribution in [2.45, 2.75) is 19.9 Å². The van der Waals surface area contributed by atoms with Crippen molar-refractivity contribution in [3.05, 3.63) is 55.4 Å². The van der Waals surface area contributed by atoms with E-state index in [1.54, 1.807) is 23.7 Å². The first kappa shape index (κ1) is 18.7. The summed E-state index contributed by atoms with van der Waals surface area (Å²) in [5.41, 5.74) is 0.516. The Hall–Kier alpha value is -2.09. The van der Waals surface area contributed by atoms with Gasteiger partial charge in [0.05, 0.1) is 12.2 Å². The van der Waals surface area contributed by atoms with Crippen LogP contribution in [-0.2, 0) is 0 Å². The summed E-state index contributed by atoms with van der Waals surface area (Å²) in [7, 11) is 0. The number of carbonyl (C=O) groups excluding carboxylic acids is 1. The van der Waals surface area contributed by atoms with Crippen LogP contribution in [0.15, 0.2) is 33.3 Å². The van der Waals surface area contributed by atoms with Crippen LogP contribution >= 0.6 is 43.2 Å². The van der Waals surface area contributed by atoms with E-state index in [1.807, 2.05) is 13.0 Å². The van der Waals surface area contributed by atoms with Crippen molar-refractivity contribution >= 4 is 49.1 Å². The molecule has 0 aliphatic carbocycles. The van der Waals surface area contributed by atoms with Gasteiger partial charge in [0.25, 0.3) is 5.91 Å². The van der Waals surface area contributed by atoms with Crippen LogP contribution in [0.25, 0.3) is 5.13 Å². The molecule has 0 unspecified atom stereocenters. The highest BCUT2D eigenvalue weighted by atomic mass is 79.9. The second-order valence-corrected chi connectivity index (χ2v) is 8.24. The number of benzene rings is 1. The molecule has 3 rings (SSSR count). The lowest BCUT2D eigenvalue weighted by atomic mass is 10.2. The summed E-state index contributed by atoms with van der Waals surface area (Å²) in [5.74, 6) is 0.868. The van der Waals surface area contributed by atoms with Gasteiger partial charge in [-0.1, -0.05) is 43.2 Å². The molecule has 0 aliphatic rings. The van der Waals surface area contributed by atoms with E-state index in [-0.39, 0.29) is 5.91 Å². The van der Waals surface area contributed by atoms with Crippen molar-refractivity contribution in [2.75, 3.05) is 0 Å². The molecule has 0 saturated carbocycles. The third-order valence-electron chi connectivity index (χ3n) is 3.38. The first-order valence-electron chi connectivity index (χ1n) is 7.44. The fourth-order valence-electron chi connectivity index (χ4n) is 2.30. The topological polar surface area (TPSA) is 96.5 Å². The minimum atomic E-state index is -0.407. The van der Waals surface area contributed by atoms with Gasteiger partial charge >= 0.3 is 0 Å². The molecule has 2 aromatic heterocycles. The van der Waals surface area contributed by atoms with Gasteiger partial charge in [-0.15, -0.1) is 5.10 Å². The number of aryl methyl sites for hydroxylation is 1. The molecule has 1 N–H and O–H groups in total. The number of thiazole rings is 1. The van der Waals surface area contributed by atoms with Crippen LogP contribution in [0.5, 0.6) is 0 Å². The smallest absolute Gasteiger partial charge is 0.251 e. The predicted octanol–water partition coefficient (Wildman–Crippen LogP) is 3.92. The quantitative estimate of drug-likeness (QED) is 0.591. The van der Waals surface area contributed by atoms with E-state index in [2.05, 4.69) is 58.3 Å². The molecule has 0 radical (unpaired) electrons. The lowest BCUT2D eigenvalue weighted by Gasteiger charge is -2.14. The zero-order valence-corrected chi connectivity index (χ0v) is 17.7. The van der Waals surface area contributed by atoms with E-state index >= 15 is 0 Å². The molecule has 0 spiro atoms. The van der Waals surface area contributed by atoms with Gasteiger partial charge in [-0.2, -0.15) is 9.94 Å². The van der Waals surface area contributed by atoms with E-state index in [0.29, 0.717) is 27.2 Å². The Kier molecular flexibility index (Phi) is 5.50. The fourth-order valence-corrected chi connectivity index (χ4v) is 4.26. The van der Waals surface area contributed by atoms with Gasteiger partial charge in [0, 0.05) is 14.5 Å². The summed E-state index contributed by atoms with van der Waals surface area (Å²) in [5, 5.41) is 16.8. The van der Waals surface area contributed by atoms with Gasteiger partial charge in [0.1, 0.15) is 16.8 Å². The Labute approximate surface area is 170 Å². The molecule has 0 fully saturated rings. The number of hydrogen-bond donors (Lipinski definition) is 1. The van der Waals surface area contributed by atoms with E-state index in [0.717, 1.165) is 8.95 Å². The predicted molar refractivity (Wildman–Crippen MR) is 104 cm³/mol. The van der Waals surface area contributed by atoms with Gasteiger partial charge in [-0.3, -0.25) is 4.79 Å². The average Bonchev–Trinajstić information content (AvgIpc) is 3.19. The molecule has 26 heavy (non-hydrogen) atoms. The third-order valence-corrected chi connectivity index (χ3v) is 5.18. The van der Waals surface area contributed by atoms with Crippen LogP contribution in [-0.4, -0.2) is 25.7 Å². The number of hydrogen-bond acceptors (Lipinski definition) is 6. The van der Waals surface area contributed by atoms with Gasteiger partial charge in [0.2, 0.25) is 5.13 Å². The maximum absolute atomic E-state index is 12.6. The number of nitrogens with zero attached hydrogens (tertiary/aromatic N) is 5. The molecule has 0 aliphatic heterocycles.